The third-order valence-electron chi connectivity index (χ3n) is 6.98. The van der Waals surface area contributed by atoms with Crippen molar-refractivity contribution in [2.24, 2.45) is 0 Å². The molecule has 2 saturated heterocycles. The molecule has 1 aromatic carbocycles. The summed E-state index contributed by atoms with van der Waals surface area (Å²) >= 11 is 5.99. The number of sulfone groups is 1. The van der Waals surface area contributed by atoms with Crippen molar-refractivity contribution in [3.8, 4) is 5.75 Å². The molecule has 2 aliphatic rings. The molecule has 2 aliphatic heterocycles. The van der Waals surface area contributed by atoms with Crippen LogP contribution in [0.1, 0.15) is 63.7 Å². The maximum Gasteiger partial charge on any atom is 0.263 e. The molecule has 1 aromatic heterocycles. The molecule has 2 aromatic rings. The fourth-order valence-corrected chi connectivity index (χ4v) is 6.28. The third-order valence-corrected chi connectivity index (χ3v) is 8.33. The number of amides is 2. The van der Waals surface area contributed by atoms with Crippen LogP contribution in [0.2, 0.25) is 5.02 Å². The summed E-state index contributed by atoms with van der Waals surface area (Å²) in [4.78, 5) is 32.3. The maximum absolute atomic E-state index is 13.3. The van der Waals surface area contributed by atoms with Gasteiger partial charge in [-0.05, 0) is 83.7 Å². The summed E-state index contributed by atoms with van der Waals surface area (Å²) in [5.74, 6) is 0.463. The molecule has 2 fully saturated rings. The van der Waals surface area contributed by atoms with Gasteiger partial charge >= 0.3 is 0 Å². The number of hydrogen-bond donors (Lipinski definition) is 2. The lowest BCUT2D eigenvalue weighted by atomic mass is 9.96. The topological polar surface area (TPSA) is 118 Å². The largest absolute Gasteiger partial charge is 0.477 e. The van der Waals surface area contributed by atoms with Crippen molar-refractivity contribution >= 4 is 39.1 Å². The molecule has 206 valence electrons. The number of carbonyl (C=O) groups is 2. The van der Waals surface area contributed by atoms with E-state index in [1.54, 1.807) is 26.1 Å². The summed E-state index contributed by atoms with van der Waals surface area (Å²) in [6.45, 7) is 7.07. The van der Waals surface area contributed by atoms with Gasteiger partial charge in [-0.3, -0.25) is 9.59 Å². The molecule has 9 nitrogen and oxygen atoms in total. The van der Waals surface area contributed by atoms with E-state index in [2.05, 4.69) is 20.5 Å². The average molecular weight is 563 g/mol. The molecule has 2 N–H and O–H groups in total. The molecule has 1 unspecified atom stereocenters. The minimum atomic E-state index is -3.61. The molecule has 3 heterocycles. The Kier molecular flexibility index (Phi) is 7.95. The molecule has 38 heavy (non-hydrogen) atoms. The summed E-state index contributed by atoms with van der Waals surface area (Å²) < 4.78 is 30.4. The van der Waals surface area contributed by atoms with Crippen LogP contribution in [0.4, 0.5) is 5.82 Å². The predicted octanol–water partition coefficient (Wildman–Crippen LogP) is 3.75. The fourth-order valence-electron chi connectivity index (χ4n) is 5.22. The van der Waals surface area contributed by atoms with E-state index in [-0.39, 0.29) is 51.6 Å². The number of piperidine rings is 1. The lowest BCUT2D eigenvalue weighted by Gasteiger charge is -2.41. The van der Waals surface area contributed by atoms with Gasteiger partial charge in [-0.25, -0.2) is 13.4 Å². The maximum atomic E-state index is 13.3. The zero-order valence-electron chi connectivity index (χ0n) is 22.3. The highest BCUT2D eigenvalue weighted by Gasteiger charge is 2.43. The molecule has 11 heteroatoms. The molecule has 2 amide bonds. The highest BCUT2D eigenvalue weighted by atomic mass is 35.5. The van der Waals surface area contributed by atoms with E-state index < -0.39 is 15.4 Å². The number of benzene rings is 1. The lowest BCUT2D eigenvalue weighted by molar-refractivity contribution is -0.135. The second-order valence-electron chi connectivity index (χ2n) is 10.9. The van der Waals surface area contributed by atoms with Gasteiger partial charge in [0.2, 0.25) is 0 Å². The predicted molar refractivity (Wildman–Crippen MR) is 147 cm³/mol. The molecular formula is C27H35ClN4O5S. The number of ether oxygens (including phenoxy) is 1. The van der Waals surface area contributed by atoms with Gasteiger partial charge in [0, 0.05) is 41.6 Å². The van der Waals surface area contributed by atoms with Crippen molar-refractivity contribution in [1.29, 1.82) is 0 Å². The first-order valence-corrected chi connectivity index (χ1v) is 15.1. The summed E-state index contributed by atoms with van der Waals surface area (Å²) in [6, 6.07) is 8.46. The Morgan fingerprint density at radius 3 is 2.34 bits per heavy atom. The second-order valence-corrected chi connectivity index (χ2v) is 13.4. The first-order chi connectivity index (χ1) is 17.7. The van der Waals surface area contributed by atoms with Crippen LogP contribution in [0.15, 0.2) is 41.4 Å². The van der Waals surface area contributed by atoms with Gasteiger partial charge in [-0.2, -0.15) is 0 Å². The van der Waals surface area contributed by atoms with Crippen molar-refractivity contribution in [3.05, 3.63) is 47.1 Å². The van der Waals surface area contributed by atoms with E-state index >= 15 is 0 Å². The highest BCUT2D eigenvalue weighted by Crippen LogP contribution is 2.39. The molecular weight excluding hydrogens is 528 g/mol. The summed E-state index contributed by atoms with van der Waals surface area (Å²) in [7, 11) is -3.61. The van der Waals surface area contributed by atoms with Crippen LogP contribution in [-0.4, -0.2) is 61.2 Å². The highest BCUT2D eigenvalue weighted by molar-refractivity contribution is 7.90. The quantitative estimate of drug-likeness (QED) is 0.503. The van der Waals surface area contributed by atoms with E-state index in [1.807, 2.05) is 19.9 Å². The number of halogens is 1. The van der Waals surface area contributed by atoms with Crippen molar-refractivity contribution in [1.82, 2.24) is 15.6 Å². The monoisotopic (exact) mass is 562 g/mol. The van der Waals surface area contributed by atoms with Crippen LogP contribution in [-0.2, 0) is 14.6 Å². The first kappa shape index (κ1) is 28.2. The molecule has 2 bridgehead atoms. The molecule has 3 atom stereocenters. The Balaban J connectivity index is 1.41. The molecule has 0 radical (unpaired) electrons. The number of nitrogens with zero attached hydrogens (tertiary/aromatic N) is 2. The number of anilines is 1. The van der Waals surface area contributed by atoms with Crippen LogP contribution in [0.3, 0.4) is 0 Å². The summed E-state index contributed by atoms with van der Waals surface area (Å²) in [6.07, 6.45) is 6.19. The van der Waals surface area contributed by atoms with Crippen LogP contribution in [0, 0.1) is 0 Å². The number of nitrogens with one attached hydrogen (secondary N) is 2. The van der Waals surface area contributed by atoms with Crippen LogP contribution < -0.4 is 20.3 Å². The number of rotatable bonds is 8. The van der Waals surface area contributed by atoms with Gasteiger partial charge in [0.1, 0.15) is 16.5 Å². The Bertz CT molecular complexity index is 1300. The van der Waals surface area contributed by atoms with Crippen molar-refractivity contribution in [2.45, 2.75) is 88.0 Å². The van der Waals surface area contributed by atoms with Crippen molar-refractivity contribution in [3.63, 3.8) is 0 Å². The Morgan fingerprint density at radius 2 is 1.79 bits per heavy atom. The molecule has 4 rings (SSSR count). The average Bonchev–Trinajstić information content (AvgIpc) is 3.09. The molecule has 0 spiro atoms. The Morgan fingerprint density at radius 1 is 1.13 bits per heavy atom. The standard InChI is InChI=1S/C27H35ClN4O5S/c1-16(2)30-25(33)17-6-11-24(29-15-17)32-20-8-9-21(32)14-19(13-20)31-26(34)27(3,4)37-22-10-7-18(28)12-23(22)38(5,35)36/h6-7,10-12,15-16,19-21H,8-9,13-14H2,1-5H3,(H,30,33)(H,31,34)/t19?,20-,21+. The normalized spacial score (nSPS) is 21.3. The van der Waals surface area contributed by atoms with E-state index in [1.165, 1.54) is 18.2 Å². The number of aromatic nitrogens is 1. The van der Waals surface area contributed by atoms with Gasteiger partial charge in [0.05, 0.1) is 5.56 Å². The number of fused-ring (bicyclic) bond motifs is 2. The number of pyridine rings is 1. The zero-order chi connectivity index (χ0) is 27.8. The number of hydrogen-bond acceptors (Lipinski definition) is 7. The van der Waals surface area contributed by atoms with Crippen LogP contribution in [0.25, 0.3) is 0 Å². The second kappa shape index (κ2) is 10.7. The minimum Gasteiger partial charge on any atom is -0.477 e. The van der Waals surface area contributed by atoms with E-state index in [4.69, 9.17) is 16.3 Å². The summed E-state index contributed by atoms with van der Waals surface area (Å²) in [5, 5.41) is 6.27. The first-order valence-electron chi connectivity index (χ1n) is 12.8. The summed E-state index contributed by atoms with van der Waals surface area (Å²) in [5.41, 5.74) is -0.781. The van der Waals surface area contributed by atoms with Gasteiger partial charge in [-0.1, -0.05) is 11.6 Å². The Labute approximate surface area is 229 Å². The van der Waals surface area contributed by atoms with Gasteiger partial charge in [0.15, 0.2) is 15.4 Å². The van der Waals surface area contributed by atoms with Crippen molar-refractivity contribution < 1.29 is 22.7 Å². The number of carbonyl (C=O) groups excluding carboxylic acids is 2. The van der Waals surface area contributed by atoms with E-state index in [0.717, 1.165) is 37.8 Å². The van der Waals surface area contributed by atoms with Gasteiger partial charge in [-0.15, -0.1) is 0 Å². The molecule has 0 saturated carbocycles. The minimum absolute atomic E-state index is 0.0465. The lowest BCUT2D eigenvalue weighted by Crippen LogP contribution is -2.55. The smallest absolute Gasteiger partial charge is 0.263 e. The van der Waals surface area contributed by atoms with Crippen LogP contribution >= 0.6 is 11.6 Å². The zero-order valence-corrected chi connectivity index (χ0v) is 23.9. The fraction of sp³-hybridized carbons (Fsp3) is 0.519. The van der Waals surface area contributed by atoms with Crippen LogP contribution in [0.5, 0.6) is 5.75 Å². The van der Waals surface area contributed by atoms with E-state index in [9.17, 15) is 18.0 Å². The van der Waals surface area contributed by atoms with E-state index in [0.29, 0.717) is 5.56 Å². The van der Waals surface area contributed by atoms with Gasteiger partial charge < -0.3 is 20.3 Å². The Hall–Kier alpha value is -2.85. The van der Waals surface area contributed by atoms with Crippen molar-refractivity contribution in [2.75, 3.05) is 11.2 Å². The van der Waals surface area contributed by atoms with Gasteiger partial charge in [0.25, 0.3) is 11.8 Å². The SMILES string of the molecule is CC(C)NC(=O)c1ccc(N2[C@@H]3CC[C@H]2CC(NC(=O)C(C)(C)Oc2ccc(Cl)cc2S(C)(=O)=O)C3)nc1. The molecule has 0 aliphatic carbocycles. The third kappa shape index (κ3) is 6.23.